The molecule has 118 valence electrons. The van der Waals surface area contributed by atoms with E-state index in [0.29, 0.717) is 0 Å². The lowest BCUT2D eigenvalue weighted by atomic mass is 9.91. The Morgan fingerprint density at radius 1 is 0.913 bits per heavy atom. The zero-order chi connectivity index (χ0) is 16.6. The number of Topliss-reactive ketones (excluding diaryl/α,β-unsaturated/α-hetero) is 1. The molecule has 2 aromatic carbocycles. The van der Waals surface area contributed by atoms with E-state index in [0.717, 1.165) is 22.3 Å². The van der Waals surface area contributed by atoms with Crippen molar-refractivity contribution >= 4 is 11.9 Å². The molecule has 0 saturated heterocycles. The van der Waals surface area contributed by atoms with Gasteiger partial charge in [-0.15, -0.1) is 0 Å². The Balaban J connectivity index is 2.10. The fraction of sp³-hybridized carbons (Fsp3) is 0.286. The Bertz CT molecular complexity index is 753. The fourth-order valence-corrected chi connectivity index (χ4v) is 3.06. The van der Waals surface area contributed by atoms with Crippen LogP contribution in [0.2, 0.25) is 0 Å². The maximum atomic E-state index is 12.9. The summed E-state index contributed by atoms with van der Waals surface area (Å²) in [5, 5.41) is 0. The van der Waals surface area contributed by atoms with Crippen molar-refractivity contribution in [2.75, 3.05) is 7.05 Å². The first-order valence-corrected chi connectivity index (χ1v) is 8.03. The van der Waals surface area contributed by atoms with Gasteiger partial charge in [0.1, 0.15) is 0 Å². The van der Waals surface area contributed by atoms with Gasteiger partial charge in [0.15, 0.2) is 5.78 Å². The largest absolute Gasteiger partial charge is 0.290 e. The summed E-state index contributed by atoms with van der Waals surface area (Å²) in [6, 6.07) is 18.1. The Morgan fingerprint density at radius 2 is 1.52 bits per heavy atom. The van der Waals surface area contributed by atoms with E-state index >= 15 is 0 Å². The fourth-order valence-electron chi connectivity index (χ4n) is 3.06. The molecule has 0 bridgehead atoms. The summed E-state index contributed by atoms with van der Waals surface area (Å²) in [6.45, 7) is 6.53. The van der Waals surface area contributed by atoms with Crippen LogP contribution in [0.4, 0.5) is 0 Å². The lowest BCUT2D eigenvalue weighted by Gasteiger charge is -2.39. The number of ketones is 1. The van der Waals surface area contributed by atoms with E-state index in [2.05, 4.69) is 50.9 Å². The van der Waals surface area contributed by atoms with Crippen molar-refractivity contribution in [1.29, 1.82) is 0 Å². The predicted molar refractivity (Wildman–Crippen MR) is 95.4 cm³/mol. The number of likely N-dealkylation sites (N-methyl/N-ethyl adjacent to an activating group) is 1. The maximum absolute atomic E-state index is 12.9. The Morgan fingerprint density at radius 3 is 2.13 bits per heavy atom. The van der Waals surface area contributed by atoms with E-state index in [9.17, 15) is 4.79 Å². The smallest absolute Gasteiger partial charge is 0.191 e. The van der Waals surface area contributed by atoms with Crippen LogP contribution in [0.3, 0.4) is 0 Å². The third-order valence-corrected chi connectivity index (χ3v) is 4.63. The SMILES string of the molecule is CN(C(C1=Cc2ccccc2C1=O)c1ccccc1)C(C)(C)C. The molecule has 0 fully saturated rings. The van der Waals surface area contributed by atoms with Crippen LogP contribution in [-0.2, 0) is 0 Å². The molecule has 0 aliphatic heterocycles. The molecular weight excluding hydrogens is 282 g/mol. The Hall–Kier alpha value is -2.19. The van der Waals surface area contributed by atoms with Crippen molar-refractivity contribution in [3.05, 3.63) is 76.9 Å². The average molecular weight is 305 g/mol. The van der Waals surface area contributed by atoms with E-state index in [-0.39, 0.29) is 17.4 Å². The number of rotatable bonds is 3. The quantitative estimate of drug-likeness (QED) is 0.816. The normalized spacial score (nSPS) is 15.5. The molecule has 0 spiro atoms. The maximum Gasteiger partial charge on any atom is 0.191 e. The Kier molecular flexibility index (Phi) is 3.95. The minimum absolute atomic E-state index is 0.0452. The van der Waals surface area contributed by atoms with E-state index < -0.39 is 0 Å². The molecule has 0 heterocycles. The van der Waals surface area contributed by atoms with Gasteiger partial charge in [-0.1, -0.05) is 54.6 Å². The molecule has 1 aliphatic rings. The van der Waals surface area contributed by atoms with Gasteiger partial charge in [0.2, 0.25) is 0 Å². The lowest BCUT2D eigenvalue weighted by Crippen LogP contribution is -2.42. The third-order valence-electron chi connectivity index (χ3n) is 4.63. The van der Waals surface area contributed by atoms with Crippen molar-refractivity contribution in [3.63, 3.8) is 0 Å². The molecule has 23 heavy (non-hydrogen) atoms. The molecular formula is C21H23NO. The summed E-state index contributed by atoms with van der Waals surface area (Å²) < 4.78 is 0. The van der Waals surface area contributed by atoms with Crippen LogP contribution in [0.5, 0.6) is 0 Å². The average Bonchev–Trinajstić information content (AvgIpc) is 2.85. The second-order valence-electron chi connectivity index (χ2n) is 7.11. The van der Waals surface area contributed by atoms with Crippen LogP contribution in [0, 0.1) is 0 Å². The van der Waals surface area contributed by atoms with Crippen LogP contribution in [0.25, 0.3) is 6.08 Å². The summed E-state index contributed by atoms with van der Waals surface area (Å²) >= 11 is 0. The number of benzene rings is 2. The summed E-state index contributed by atoms with van der Waals surface area (Å²) in [5.74, 6) is 0.144. The predicted octanol–water partition coefficient (Wildman–Crippen LogP) is 4.74. The van der Waals surface area contributed by atoms with Crippen molar-refractivity contribution in [2.24, 2.45) is 0 Å². The first kappa shape index (κ1) is 15.7. The van der Waals surface area contributed by atoms with Gasteiger partial charge in [0, 0.05) is 16.7 Å². The molecule has 0 radical (unpaired) electrons. The highest BCUT2D eigenvalue weighted by Crippen LogP contribution is 2.38. The molecule has 1 aliphatic carbocycles. The molecule has 0 amide bonds. The molecule has 3 rings (SSSR count). The second kappa shape index (κ2) is 5.78. The van der Waals surface area contributed by atoms with Gasteiger partial charge >= 0.3 is 0 Å². The summed E-state index contributed by atoms with van der Waals surface area (Å²) in [6.07, 6.45) is 2.05. The van der Waals surface area contributed by atoms with Crippen molar-refractivity contribution < 1.29 is 4.79 Å². The molecule has 2 aromatic rings. The van der Waals surface area contributed by atoms with Crippen LogP contribution in [-0.4, -0.2) is 23.3 Å². The molecule has 0 N–H and O–H groups in total. The molecule has 2 heteroatoms. The van der Waals surface area contributed by atoms with Crippen LogP contribution >= 0.6 is 0 Å². The van der Waals surface area contributed by atoms with Crippen molar-refractivity contribution in [3.8, 4) is 0 Å². The van der Waals surface area contributed by atoms with Crippen LogP contribution < -0.4 is 0 Å². The highest BCUT2D eigenvalue weighted by Gasteiger charge is 2.35. The lowest BCUT2D eigenvalue weighted by molar-refractivity contribution is 0.0964. The first-order valence-electron chi connectivity index (χ1n) is 8.03. The standard InChI is InChI=1S/C21H23NO/c1-21(2,3)22(4)19(15-10-6-5-7-11-15)18-14-16-12-8-9-13-17(16)20(18)23/h5-14,19H,1-4H3. The van der Waals surface area contributed by atoms with Crippen molar-refractivity contribution in [2.45, 2.75) is 32.4 Å². The van der Waals surface area contributed by atoms with E-state index in [4.69, 9.17) is 0 Å². The number of carbonyl (C=O) groups is 1. The molecule has 2 nitrogen and oxygen atoms in total. The third kappa shape index (κ3) is 2.87. The Labute approximate surface area is 138 Å². The second-order valence-corrected chi connectivity index (χ2v) is 7.11. The van der Waals surface area contributed by atoms with E-state index in [1.807, 2.05) is 42.5 Å². The van der Waals surface area contributed by atoms with Gasteiger partial charge in [-0.3, -0.25) is 9.69 Å². The van der Waals surface area contributed by atoms with Gasteiger partial charge in [0.25, 0.3) is 0 Å². The number of hydrogen-bond donors (Lipinski definition) is 0. The minimum atomic E-state index is -0.0453. The van der Waals surface area contributed by atoms with Gasteiger partial charge in [-0.25, -0.2) is 0 Å². The highest BCUT2D eigenvalue weighted by atomic mass is 16.1. The number of nitrogens with zero attached hydrogens (tertiary/aromatic N) is 1. The number of fused-ring (bicyclic) bond motifs is 1. The molecule has 0 saturated carbocycles. The first-order chi connectivity index (χ1) is 10.9. The summed E-state index contributed by atoms with van der Waals surface area (Å²) in [5.41, 5.74) is 3.80. The number of hydrogen-bond acceptors (Lipinski definition) is 2. The van der Waals surface area contributed by atoms with Crippen LogP contribution in [0.15, 0.2) is 60.2 Å². The van der Waals surface area contributed by atoms with Gasteiger partial charge in [-0.05, 0) is 45.0 Å². The van der Waals surface area contributed by atoms with Gasteiger partial charge < -0.3 is 0 Å². The molecule has 1 atom stereocenters. The van der Waals surface area contributed by atoms with Gasteiger partial charge in [0.05, 0.1) is 6.04 Å². The van der Waals surface area contributed by atoms with Gasteiger partial charge in [-0.2, -0.15) is 0 Å². The molecule has 1 unspecified atom stereocenters. The summed E-state index contributed by atoms with van der Waals surface area (Å²) in [7, 11) is 2.09. The zero-order valence-electron chi connectivity index (χ0n) is 14.2. The monoisotopic (exact) mass is 305 g/mol. The van der Waals surface area contributed by atoms with E-state index in [1.54, 1.807) is 0 Å². The highest BCUT2D eigenvalue weighted by molar-refractivity contribution is 6.18. The summed E-state index contributed by atoms with van der Waals surface area (Å²) in [4.78, 5) is 15.2. The minimum Gasteiger partial charge on any atom is -0.290 e. The van der Waals surface area contributed by atoms with Crippen LogP contribution in [0.1, 0.15) is 48.3 Å². The van der Waals surface area contributed by atoms with E-state index in [1.165, 1.54) is 0 Å². The number of carbonyl (C=O) groups excluding carboxylic acids is 1. The topological polar surface area (TPSA) is 20.3 Å². The van der Waals surface area contributed by atoms with Crippen molar-refractivity contribution in [1.82, 2.24) is 4.90 Å². The zero-order valence-corrected chi connectivity index (χ0v) is 14.2. The molecule has 0 aromatic heterocycles.